The average Bonchev–Trinajstić information content (AvgIpc) is 2.55. The Kier molecular flexibility index (Phi) is 9.53. The molecule has 12 heteroatoms. The highest BCUT2D eigenvalue weighted by atomic mass is 16.5. The van der Waals surface area contributed by atoms with E-state index in [9.17, 15) is 4.79 Å². The Bertz CT molecular complexity index is 564. The molecule has 0 bridgehead atoms. The molecule has 1 aromatic rings. The van der Waals surface area contributed by atoms with Crippen molar-refractivity contribution in [3.63, 3.8) is 0 Å². The molecule has 0 aliphatic rings. The van der Waals surface area contributed by atoms with Crippen LogP contribution in [0.3, 0.4) is 0 Å². The van der Waals surface area contributed by atoms with Gasteiger partial charge < -0.3 is 25.2 Å². The van der Waals surface area contributed by atoms with E-state index in [4.69, 9.17) is 20.1 Å². The molecule has 0 unspecified atom stereocenters. The van der Waals surface area contributed by atoms with Gasteiger partial charge in [-0.1, -0.05) is 0 Å². The predicted molar refractivity (Wildman–Crippen MR) is 85.2 cm³/mol. The van der Waals surface area contributed by atoms with Crippen molar-refractivity contribution in [2.45, 2.75) is 13.3 Å². The molecule has 0 fully saturated rings. The quantitative estimate of drug-likeness (QED) is 0.206. The maximum absolute atomic E-state index is 10.3. The molecule has 0 radical (unpaired) electrons. The molecular formula is C12H20N8O4. The van der Waals surface area contributed by atoms with Crippen molar-refractivity contribution in [1.82, 2.24) is 15.0 Å². The SMILES string of the molecule is CCOCCNc1nc(N=[N+]=[N-])nc(NCCOCCC(=O)O)n1. The van der Waals surface area contributed by atoms with Crippen molar-refractivity contribution in [2.24, 2.45) is 5.11 Å². The number of hydrogen-bond acceptors (Lipinski definition) is 9. The minimum absolute atomic E-state index is 0.0549. The first kappa shape index (κ1) is 19.4. The zero-order valence-electron chi connectivity index (χ0n) is 13.3. The standard InChI is InChI=1S/C12H20N8O4/c1-2-23-7-4-14-10-16-11(18-12(17-10)19-20-13)15-5-8-24-6-3-9(21)22/h2-8H2,1H3,(H,21,22)(H2,14,15,16,17,18). The van der Waals surface area contributed by atoms with E-state index >= 15 is 0 Å². The third-order valence-corrected chi connectivity index (χ3v) is 2.48. The van der Waals surface area contributed by atoms with Gasteiger partial charge in [0, 0.05) is 24.6 Å². The number of nitrogens with one attached hydrogen (secondary N) is 2. The van der Waals surface area contributed by atoms with Crippen LogP contribution in [-0.2, 0) is 14.3 Å². The van der Waals surface area contributed by atoms with Crippen LogP contribution >= 0.6 is 0 Å². The Morgan fingerprint density at radius 3 is 2.33 bits per heavy atom. The van der Waals surface area contributed by atoms with E-state index in [1.165, 1.54) is 0 Å². The van der Waals surface area contributed by atoms with Crippen LogP contribution in [0.4, 0.5) is 17.8 Å². The molecule has 132 valence electrons. The monoisotopic (exact) mass is 340 g/mol. The molecule has 0 aliphatic carbocycles. The number of azide groups is 1. The summed E-state index contributed by atoms with van der Waals surface area (Å²) in [5.74, 6) is -0.516. The van der Waals surface area contributed by atoms with E-state index in [0.29, 0.717) is 26.3 Å². The van der Waals surface area contributed by atoms with Gasteiger partial charge in [0.05, 0.1) is 26.2 Å². The number of hydrogen-bond donors (Lipinski definition) is 3. The molecular weight excluding hydrogens is 320 g/mol. The van der Waals surface area contributed by atoms with Crippen LogP contribution < -0.4 is 10.6 Å². The largest absolute Gasteiger partial charge is 0.481 e. The Balaban J connectivity index is 2.50. The third kappa shape index (κ3) is 8.68. The molecule has 0 aromatic carbocycles. The van der Waals surface area contributed by atoms with Crippen molar-refractivity contribution in [3.05, 3.63) is 10.4 Å². The minimum atomic E-state index is -0.915. The molecule has 0 saturated heterocycles. The number of ether oxygens (including phenoxy) is 2. The Morgan fingerprint density at radius 1 is 1.17 bits per heavy atom. The molecule has 1 heterocycles. The highest BCUT2D eigenvalue weighted by Crippen LogP contribution is 2.11. The first-order valence-electron chi connectivity index (χ1n) is 7.32. The molecule has 1 rings (SSSR count). The second kappa shape index (κ2) is 11.8. The van der Waals surface area contributed by atoms with E-state index in [1.54, 1.807) is 0 Å². The number of aliphatic carboxylic acids is 1. The van der Waals surface area contributed by atoms with Crippen LogP contribution in [0.1, 0.15) is 13.3 Å². The number of anilines is 2. The highest BCUT2D eigenvalue weighted by Gasteiger charge is 2.05. The van der Waals surface area contributed by atoms with E-state index in [-0.39, 0.29) is 37.5 Å². The molecule has 0 atom stereocenters. The van der Waals surface area contributed by atoms with E-state index in [0.717, 1.165) is 0 Å². The summed E-state index contributed by atoms with van der Waals surface area (Å²) in [6.45, 7) is 4.24. The van der Waals surface area contributed by atoms with Gasteiger partial charge in [0.1, 0.15) is 0 Å². The van der Waals surface area contributed by atoms with Crippen LogP contribution in [0.25, 0.3) is 10.4 Å². The van der Waals surface area contributed by atoms with Gasteiger partial charge in [-0.05, 0) is 17.6 Å². The Hall–Kier alpha value is -2.69. The normalized spacial score (nSPS) is 10.0. The lowest BCUT2D eigenvalue weighted by atomic mass is 10.5. The van der Waals surface area contributed by atoms with Gasteiger partial charge in [-0.15, -0.1) is 0 Å². The summed E-state index contributed by atoms with van der Waals surface area (Å²) in [5, 5.41) is 17.7. The Morgan fingerprint density at radius 2 is 1.79 bits per heavy atom. The molecule has 0 amide bonds. The van der Waals surface area contributed by atoms with Crippen LogP contribution in [0.2, 0.25) is 0 Å². The van der Waals surface area contributed by atoms with Gasteiger partial charge in [-0.25, -0.2) is 0 Å². The van der Waals surface area contributed by atoms with Gasteiger partial charge in [0.2, 0.25) is 17.8 Å². The summed E-state index contributed by atoms with van der Waals surface area (Å²) in [4.78, 5) is 25.0. The summed E-state index contributed by atoms with van der Waals surface area (Å²) in [5.41, 5.74) is 8.49. The lowest BCUT2D eigenvalue weighted by Gasteiger charge is -2.09. The summed E-state index contributed by atoms with van der Waals surface area (Å²) < 4.78 is 10.3. The number of carboxylic acids is 1. The maximum Gasteiger partial charge on any atom is 0.305 e. The average molecular weight is 340 g/mol. The van der Waals surface area contributed by atoms with Crippen molar-refractivity contribution in [1.29, 1.82) is 0 Å². The van der Waals surface area contributed by atoms with Crippen LogP contribution in [-0.4, -0.2) is 65.5 Å². The molecule has 1 aromatic heterocycles. The van der Waals surface area contributed by atoms with Crippen molar-refractivity contribution < 1.29 is 19.4 Å². The molecule has 0 aliphatic heterocycles. The van der Waals surface area contributed by atoms with Crippen LogP contribution in [0.15, 0.2) is 5.11 Å². The summed E-state index contributed by atoms with van der Waals surface area (Å²) in [6, 6.07) is 0. The Labute approximate surface area is 138 Å². The smallest absolute Gasteiger partial charge is 0.305 e. The van der Waals surface area contributed by atoms with Crippen LogP contribution in [0, 0.1) is 0 Å². The molecule has 0 saturated carbocycles. The van der Waals surface area contributed by atoms with Crippen molar-refractivity contribution in [2.75, 3.05) is 50.2 Å². The predicted octanol–water partition coefficient (Wildman–Crippen LogP) is 1.16. The fraction of sp³-hybridized carbons (Fsp3) is 0.667. The van der Waals surface area contributed by atoms with Gasteiger partial charge >= 0.3 is 5.97 Å². The lowest BCUT2D eigenvalue weighted by molar-refractivity contribution is -0.138. The van der Waals surface area contributed by atoms with Crippen LogP contribution in [0.5, 0.6) is 0 Å². The second-order valence-corrected chi connectivity index (χ2v) is 4.28. The number of carboxylic acid groups (broad SMARTS) is 1. The summed E-state index contributed by atoms with van der Waals surface area (Å²) in [7, 11) is 0. The second-order valence-electron chi connectivity index (χ2n) is 4.28. The highest BCUT2D eigenvalue weighted by molar-refractivity contribution is 5.66. The zero-order valence-corrected chi connectivity index (χ0v) is 13.3. The number of aromatic nitrogens is 3. The zero-order chi connectivity index (χ0) is 17.6. The van der Waals surface area contributed by atoms with E-state index in [2.05, 4.69) is 35.6 Å². The summed E-state index contributed by atoms with van der Waals surface area (Å²) >= 11 is 0. The van der Waals surface area contributed by atoms with Crippen molar-refractivity contribution in [3.8, 4) is 0 Å². The van der Waals surface area contributed by atoms with Crippen molar-refractivity contribution >= 4 is 23.8 Å². The van der Waals surface area contributed by atoms with E-state index < -0.39 is 5.97 Å². The maximum atomic E-state index is 10.3. The van der Waals surface area contributed by atoms with Gasteiger partial charge in [0.25, 0.3) is 0 Å². The first-order chi connectivity index (χ1) is 11.7. The third-order valence-electron chi connectivity index (χ3n) is 2.48. The number of nitrogens with zero attached hydrogens (tertiary/aromatic N) is 6. The fourth-order valence-electron chi connectivity index (χ4n) is 1.48. The summed E-state index contributed by atoms with van der Waals surface area (Å²) in [6.07, 6.45) is -0.0549. The minimum Gasteiger partial charge on any atom is -0.481 e. The molecule has 3 N–H and O–H groups in total. The lowest BCUT2D eigenvalue weighted by Crippen LogP contribution is -2.15. The van der Waals surface area contributed by atoms with Gasteiger partial charge in [0.15, 0.2) is 0 Å². The molecule has 24 heavy (non-hydrogen) atoms. The molecule has 0 spiro atoms. The number of carbonyl (C=O) groups is 1. The van der Waals surface area contributed by atoms with Gasteiger partial charge in [-0.3, -0.25) is 4.79 Å². The van der Waals surface area contributed by atoms with Gasteiger partial charge in [-0.2, -0.15) is 15.0 Å². The first-order valence-corrected chi connectivity index (χ1v) is 7.32. The fourth-order valence-corrected chi connectivity index (χ4v) is 1.48. The molecule has 12 nitrogen and oxygen atoms in total. The number of rotatable bonds is 13. The van der Waals surface area contributed by atoms with E-state index in [1.807, 2.05) is 6.92 Å². The topological polar surface area (TPSA) is 167 Å².